The van der Waals surface area contributed by atoms with Crippen LogP contribution in [0.1, 0.15) is 39.0 Å². The molecular weight excluding hydrogens is 174 g/mol. The van der Waals surface area contributed by atoms with Crippen LogP contribution in [0.25, 0.3) is 0 Å². The average Bonchev–Trinajstić information content (AvgIpc) is 2.45. The molecule has 0 aromatic carbocycles. The molecule has 3 heteroatoms. The molecule has 0 amide bonds. The summed E-state index contributed by atoms with van der Waals surface area (Å²) < 4.78 is 0. The minimum absolute atomic E-state index is 0.303. The van der Waals surface area contributed by atoms with Gasteiger partial charge in [0.2, 0.25) is 0 Å². The maximum atomic E-state index is 4.00. The second-order valence-electron chi connectivity index (χ2n) is 4.99. The molecule has 1 rings (SSSR count). The fourth-order valence-electron chi connectivity index (χ4n) is 1.12. The molecule has 0 aliphatic rings. The van der Waals surface area contributed by atoms with Crippen LogP contribution in [0.4, 0.5) is 0 Å². The molecule has 1 unspecified atom stereocenters. The van der Waals surface area contributed by atoms with Gasteiger partial charge in [-0.3, -0.25) is 5.10 Å². The topological polar surface area (TPSA) is 40.7 Å². The summed E-state index contributed by atoms with van der Waals surface area (Å²) >= 11 is 0. The van der Waals surface area contributed by atoms with Crippen LogP contribution < -0.4 is 5.32 Å². The van der Waals surface area contributed by atoms with Crippen molar-refractivity contribution in [1.82, 2.24) is 15.5 Å². The smallest absolute Gasteiger partial charge is 0.0535 e. The molecule has 0 bridgehead atoms. The first-order chi connectivity index (χ1) is 6.41. The van der Waals surface area contributed by atoms with Gasteiger partial charge in [0.15, 0.2) is 0 Å². The molecule has 3 nitrogen and oxygen atoms in total. The van der Waals surface area contributed by atoms with E-state index < -0.39 is 0 Å². The van der Waals surface area contributed by atoms with Crippen molar-refractivity contribution in [3.8, 4) is 0 Å². The number of nitrogens with zero attached hydrogens (tertiary/aromatic N) is 1. The molecule has 1 aromatic heterocycles. The molecule has 1 aromatic rings. The van der Waals surface area contributed by atoms with E-state index in [-0.39, 0.29) is 0 Å². The van der Waals surface area contributed by atoms with Gasteiger partial charge in [0.05, 0.1) is 6.20 Å². The van der Waals surface area contributed by atoms with Crippen LogP contribution in [0.15, 0.2) is 6.20 Å². The third kappa shape index (κ3) is 2.84. The number of aromatic amines is 1. The summed E-state index contributed by atoms with van der Waals surface area (Å²) in [6, 6.07) is 0.497. The lowest BCUT2D eigenvalue weighted by Gasteiger charge is -2.28. The number of hydrogen-bond acceptors (Lipinski definition) is 2. The Morgan fingerprint density at radius 3 is 2.57 bits per heavy atom. The second kappa shape index (κ2) is 4.13. The first-order valence-electron chi connectivity index (χ1n) is 5.13. The molecule has 14 heavy (non-hydrogen) atoms. The van der Waals surface area contributed by atoms with Gasteiger partial charge < -0.3 is 5.32 Å². The summed E-state index contributed by atoms with van der Waals surface area (Å²) in [6.07, 6.45) is 1.89. The van der Waals surface area contributed by atoms with E-state index >= 15 is 0 Å². The highest BCUT2D eigenvalue weighted by Gasteiger charge is 2.19. The van der Waals surface area contributed by atoms with Gasteiger partial charge in [-0.15, -0.1) is 0 Å². The second-order valence-corrected chi connectivity index (χ2v) is 4.99. The van der Waals surface area contributed by atoms with Crippen molar-refractivity contribution in [2.75, 3.05) is 0 Å². The number of nitrogens with one attached hydrogen (secondary N) is 2. The Kier molecular flexibility index (Phi) is 3.32. The SMILES string of the molecule is Cc1[nH]ncc1CNC(C)C(C)(C)C. The van der Waals surface area contributed by atoms with Gasteiger partial charge in [-0.2, -0.15) is 5.10 Å². The monoisotopic (exact) mass is 195 g/mol. The average molecular weight is 195 g/mol. The van der Waals surface area contributed by atoms with Crippen LogP contribution >= 0.6 is 0 Å². The lowest BCUT2D eigenvalue weighted by molar-refractivity contribution is 0.285. The number of H-pyrrole nitrogens is 1. The molecule has 0 spiro atoms. The normalized spacial score (nSPS) is 14.4. The van der Waals surface area contributed by atoms with E-state index in [2.05, 4.69) is 43.2 Å². The maximum Gasteiger partial charge on any atom is 0.0535 e. The quantitative estimate of drug-likeness (QED) is 0.776. The van der Waals surface area contributed by atoms with Crippen molar-refractivity contribution in [2.24, 2.45) is 5.41 Å². The Hall–Kier alpha value is -0.830. The third-order valence-electron chi connectivity index (χ3n) is 2.83. The molecule has 2 N–H and O–H groups in total. The van der Waals surface area contributed by atoms with E-state index in [0.717, 1.165) is 12.2 Å². The molecule has 0 aliphatic carbocycles. The van der Waals surface area contributed by atoms with Crippen molar-refractivity contribution < 1.29 is 0 Å². The largest absolute Gasteiger partial charge is 0.310 e. The molecule has 0 radical (unpaired) electrons. The van der Waals surface area contributed by atoms with Gasteiger partial charge in [0.25, 0.3) is 0 Å². The third-order valence-corrected chi connectivity index (χ3v) is 2.83. The first-order valence-corrected chi connectivity index (χ1v) is 5.13. The number of aromatic nitrogens is 2. The minimum atomic E-state index is 0.303. The number of rotatable bonds is 3. The molecule has 80 valence electrons. The Bertz CT molecular complexity index is 283. The summed E-state index contributed by atoms with van der Waals surface area (Å²) in [6.45, 7) is 11.9. The molecule has 0 saturated heterocycles. The van der Waals surface area contributed by atoms with Crippen molar-refractivity contribution in [3.63, 3.8) is 0 Å². The molecular formula is C11H21N3. The predicted molar refractivity (Wildman–Crippen MR) is 59.1 cm³/mol. The van der Waals surface area contributed by atoms with Crippen LogP contribution in [0, 0.1) is 12.3 Å². The van der Waals surface area contributed by atoms with Crippen molar-refractivity contribution in [2.45, 2.75) is 47.2 Å². The van der Waals surface area contributed by atoms with E-state index in [0.29, 0.717) is 11.5 Å². The zero-order chi connectivity index (χ0) is 10.8. The van der Waals surface area contributed by atoms with Crippen LogP contribution in [0.5, 0.6) is 0 Å². The zero-order valence-electron chi connectivity index (χ0n) is 9.81. The van der Waals surface area contributed by atoms with Crippen LogP contribution in [0.3, 0.4) is 0 Å². The highest BCUT2D eigenvalue weighted by molar-refractivity contribution is 5.13. The lowest BCUT2D eigenvalue weighted by atomic mass is 9.88. The van der Waals surface area contributed by atoms with Crippen molar-refractivity contribution >= 4 is 0 Å². The summed E-state index contributed by atoms with van der Waals surface area (Å²) in [7, 11) is 0. The Labute approximate surface area is 86.3 Å². The van der Waals surface area contributed by atoms with Crippen molar-refractivity contribution in [3.05, 3.63) is 17.5 Å². The summed E-state index contributed by atoms with van der Waals surface area (Å²) in [5.74, 6) is 0. The highest BCUT2D eigenvalue weighted by Crippen LogP contribution is 2.18. The zero-order valence-corrected chi connectivity index (χ0v) is 9.81. The Morgan fingerprint density at radius 1 is 1.50 bits per heavy atom. The van der Waals surface area contributed by atoms with Crippen LogP contribution in [-0.4, -0.2) is 16.2 Å². The summed E-state index contributed by atoms with van der Waals surface area (Å²) in [5.41, 5.74) is 2.71. The molecule has 1 heterocycles. The van der Waals surface area contributed by atoms with Gasteiger partial charge in [0.1, 0.15) is 0 Å². The molecule has 0 aliphatic heterocycles. The fraction of sp³-hybridized carbons (Fsp3) is 0.727. The van der Waals surface area contributed by atoms with Gasteiger partial charge >= 0.3 is 0 Å². The Balaban J connectivity index is 2.46. The van der Waals surface area contributed by atoms with Gasteiger partial charge in [-0.25, -0.2) is 0 Å². The van der Waals surface area contributed by atoms with Gasteiger partial charge in [-0.1, -0.05) is 20.8 Å². The summed E-state index contributed by atoms with van der Waals surface area (Å²) in [5, 5.41) is 10.4. The predicted octanol–water partition coefficient (Wildman–Crippen LogP) is 2.24. The molecule has 1 atom stereocenters. The molecule has 0 saturated carbocycles. The maximum absolute atomic E-state index is 4.00. The van der Waals surface area contributed by atoms with Gasteiger partial charge in [0, 0.05) is 23.8 Å². The van der Waals surface area contributed by atoms with E-state index in [1.165, 1.54) is 5.56 Å². The number of aryl methyl sites for hydroxylation is 1. The van der Waals surface area contributed by atoms with E-state index in [1.54, 1.807) is 0 Å². The highest BCUT2D eigenvalue weighted by atomic mass is 15.1. The first kappa shape index (κ1) is 11.2. The number of hydrogen-bond donors (Lipinski definition) is 2. The van der Waals surface area contributed by atoms with E-state index in [9.17, 15) is 0 Å². The summed E-state index contributed by atoms with van der Waals surface area (Å²) in [4.78, 5) is 0. The minimum Gasteiger partial charge on any atom is -0.310 e. The molecule has 0 fully saturated rings. The fourth-order valence-corrected chi connectivity index (χ4v) is 1.12. The van der Waals surface area contributed by atoms with E-state index in [4.69, 9.17) is 0 Å². The standard InChI is InChI=1S/C11H21N3/c1-8-10(7-13-14-8)6-12-9(2)11(3,4)5/h7,9,12H,6H2,1-5H3,(H,13,14). The van der Waals surface area contributed by atoms with Crippen LogP contribution in [0.2, 0.25) is 0 Å². The van der Waals surface area contributed by atoms with Crippen LogP contribution in [-0.2, 0) is 6.54 Å². The van der Waals surface area contributed by atoms with E-state index in [1.807, 2.05) is 13.1 Å². The Morgan fingerprint density at radius 2 is 2.14 bits per heavy atom. The lowest BCUT2D eigenvalue weighted by Crippen LogP contribution is -2.37. The van der Waals surface area contributed by atoms with Crippen molar-refractivity contribution in [1.29, 1.82) is 0 Å². The van der Waals surface area contributed by atoms with Gasteiger partial charge in [-0.05, 0) is 19.3 Å².